The zero-order valence-corrected chi connectivity index (χ0v) is 14.6. The molecule has 0 saturated carbocycles. The molecule has 2 aromatic heterocycles. The molecule has 0 aromatic carbocycles. The second kappa shape index (κ2) is 7.79. The van der Waals surface area contributed by atoms with Gasteiger partial charge in [0.05, 0.1) is 23.3 Å². The van der Waals surface area contributed by atoms with Crippen LogP contribution in [-0.4, -0.2) is 37.1 Å². The number of amidine groups is 1. The van der Waals surface area contributed by atoms with E-state index in [0.717, 1.165) is 12.1 Å². The molecule has 1 N–H and O–H groups in total. The van der Waals surface area contributed by atoms with Crippen molar-refractivity contribution >= 4 is 21.5 Å². The van der Waals surface area contributed by atoms with E-state index in [9.17, 15) is 21.6 Å². The molecule has 2 heterocycles. The van der Waals surface area contributed by atoms with Crippen molar-refractivity contribution in [3.63, 3.8) is 0 Å². The second-order valence-corrected chi connectivity index (χ2v) is 7.19. The average Bonchev–Trinajstić information content (AvgIpc) is 2.61. The molecule has 0 spiro atoms. The smallest absolute Gasteiger partial charge is 0.278 e. The fourth-order valence-electron chi connectivity index (χ4n) is 1.95. The molecular weight excluding hydrogens is 373 g/mol. The molecule has 0 fully saturated rings. The fraction of sp³-hybridized carbons (Fsp3) is 0.267. The fourth-order valence-corrected chi connectivity index (χ4v) is 2.98. The van der Waals surface area contributed by atoms with E-state index in [2.05, 4.69) is 20.4 Å². The van der Waals surface area contributed by atoms with E-state index in [4.69, 9.17) is 4.84 Å². The van der Waals surface area contributed by atoms with Gasteiger partial charge in [0.1, 0.15) is 0 Å². The monoisotopic (exact) mass is 388 g/mol. The Morgan fingerprint density at radius 3 is 2.54 bits per heavy atom. The Morgan fingerprint density at radius 2 is 2.00 bits per heavy atom. The van der Waals surface area contributed by atoms with Crippen LogP contribution in [0.15, 0.2) is 46.7 Å². The van der Waals surface area contributed by atoms with Gasteiger partial charge in [-0.1, -0.05) is 6.92 Å². The number of hydroxylamine groups is 1. The summed E-state index contributed by atoms with van der Waals surface area (Å²) in [7, 11) is -2.34. The minimum absolute atomic E-state index is 0.0332. The molecule has 0 aliphatic carbocycles. The summed E-state index contributed by atoms with van der Waals surface area (Å²) in [6, 6.07) is 3.29. The molecule has 0 amide bonds. The van der Waals surface area contributed by atoms with Crippen LogP contribution in [0.1, 0.15) is 18.1 Å². The molecular formula is C15H15F3N4O3S. The van der Waals surface area contributed by atoms with Crippen LogP contribution < -0.4 is 5.48 Å². The lowest BCUT2D eigenvalue weighted by Gasteiger charge is -2.12. The van der Waals surface area contributed by atoms with E-state index in [1.165, 1.54) is 32.5 Å². The molecule has 0 unspecified atom stereocenters. The lowest BCUT2D eigenvalue weighted by atomic mass is 10.2. The van der Waals surface area contributed by atoms with Crippen LogP contribution in [0.3, 0.4) is 0 Å². The van der Waals surface area contributed by atoms with Gasteiger partial charge in [-0.2, -0.15) is 13.2 Å². The van der Waals surface area contributed by atoms with Crippen molar-refractivity contribution in [1.82, 2.24) is 15.4 Å². The highest BCUT2D eigenvalue weighted by atomic mass is 32.2. The van der Waals surface area contributed by atoms with Gasteiger partial charge in [-0.3, -0.25) is 9.82 Å². The third-order valence-electron chi connectivity index (χ3n) is 3.26. The largest absolute Gasteiger partial charge is 0.417 e. The lowest BCUT2D eigenvalue weighted by molar-refractivity contribution is -0.137. The summed E-state index contributed by atoms with van der Waals surface area (Å²) in [5.41, 5.74) is 1.66. The first kappa shape index (κ1) is 19.8. The number of nitrogens with one attached hydrogen (secondary N) is 1. The highest BCUT2D eigenvalue weighted by Crippen LogP contribution is 2.29. The summed E-state index contributed by atoms with van der Waals surface area (Å²) in [5, 5.41) is 0. The van der Waals surface area contributed by atoms with Crippen LogP contribution in [0, 0.1) is 0 Å². The number of hydrogen-bond acceptors (Lipinski definition) is 6. The minimum Gasteiger partial charge on any atom is -0.278 e. The maximum atomic E-state index is 12.6. The van der Waals surface area contributed by atoms with Crippen molar-refractivity contribution in [2.75, 3.05) is 12.9 Å². The number of alkyl halides is 3. The highest BCUT2D eigenvalue weighted by Gasteiger charge is 2.30. The number of nitrogens with zero attached hydrogens (tertiary/aromatic N) is 3. The number of halogens is 3. The summed E-state index contributed by atoms with van der Waals surface area (Å²) in [5.74, 6) is -0.256. The SMILES string of the molecule is CCS(=O)(=O)c1cnccc1C(=Nc1ccc(C(F)(F)F)cn1)NOC. The first-order valence-corrected chi connectivity index (χ1v) is 8.92. The molecule has 0 aliphatic heterocycles. The maximum absolute atomic E-state index is 12.6. The normalized spacial score (nSPS) is 12.9. The Hall–Kier alpha value is -2.53. The third-order valence-corrected chi connectivity index (χ3v) is 5.01. The van der Waals surface area contributed by atoms with Gasteiger partial charge in [0.25, 0.3) is 0 Å². The van der Waals surface area contributed by atoms with Crippen LogP contribution >= 0.6 is 0 Å². The molecule has 2 aromatic rings. The van der Waals surface area contributed by atoms with Crippen molar-refractivity contribution in [1.29, 1.82) is 0 Å². The Kier molecular flexibility index (Phi) is 5.93. The number of rotatable bonds is 5. The molecule has 26 heavy (non-hydrogen) atoms. The van der Waals surface area contributed by atoms with E-state index in [1.807, 2.05) is 0 Å². The number of pyridine rings is 2. The summed E-state index contributed by atoms with van der Waals surface area (Å²) >= 11 is 0. The van der Waals surface area contributed by atoms with Crippen molar-refractivity contribution in [2.24, 2.45) is 4.99 Å². The van der Waals surface area contributed by atoms with Crippen molar-refractivity contribution < 1.29 is 26.4 Å². The number of aliphatic imine (C=N–C) groups is 1. The standard InChI is InChI=1S/C15H15F3N4O3S/c1-3-26(23,24)12-9-19-7-6-11(12)14(22-25-2)21-13-5-4-10(8-20-13)15(16,17)18/h4-9H,3H2,1-2H3,(H,20,21,22). The van der Waals surface area contributed by atoms with Gasteiger partial charge in [-0.15, -0.1) is 0 Å². The average molecular weight is 388 g/mol. The minimum atomic E-state index is -4.52. The lowest BCUT2D eigenvalue weighted by Crippen LogP contribution is -2.25. The van der Waals surface area contributed by atoms with E-state index >= 15 is 0 Å². The Bertz CT molecular complexity index is 897. The predicted octanol–water partition coefficient (Wildman–Crippen LogP) is 2.52. The first-order chi connectivity index (χ1) is 12.2. The summed E-state index contributed by atoms with van der Waals surface area (Å²) in [6.45, 7) is 1.48. The molecule has 140 valence electrons. The van der Waals surface area contributed by atoms with Crippen LogP contribution in [0.5, 0.6) is 0 Å². The number of aromatic nitrogens is 2. The zero-order chi connectivity index (χ0) is 19.4. The van der Waals surface area contributed by atoms with Gasteiger partial charge in [-0.05, 0) is 18.2 Å². The Balaban J connectivity index is 2.52. The second-order valence-electron chi connectivity index (χ2n) is 4.94. The first-order valence-electron chi connectivity index (χ1n) is 7.27. The van der Waals surface area contributed by atoms with Gasteiger partial charge in [-0.25, -0.2) is 23.9 Å². The zero-order valence-electron chi connectivity index (χ0n) is 13.8. The highest BCUT2D eigenvalue weighted by molar-refractivity contribution is 7.91. The van der Waals surface area contributed by atoms with Crippen LogP contribution in [-0.2, 0) is 20.9 Å². The number of sulfone groups is 1. The number of hydrogen-bond donors (Lipinski definition) is 1. The molecule has 0 aliphatic rings. The van der Waals surface area contributed by atoms with Gasteiger partial charge < -0.3 is 0 Å². The van der Waals surface area contributed by atoms with E-state index < -0.39 is 21.6 Å². The van der Waals surface area contributed by atoms with Gasteiger partial charge in [0, 0.05) is 24.2 Å². The van der Waals surface area contributed by atoms with Gasteiger partial charge in [0.15, 0.2) is 21.5 Å². The van der Waals surface area contributed by atoms with Crippen LogP contribution in [0.2, 0.25) is 0 Å². The van der Waals surface area contributed by atoms with Gasteiger partial charge >= 0.3 is 6.18 Å². The summed E-state index contributed by atoms with van der Waals surface area (Å²) < 4.78 is 62.3. The molecule has 11 heteroatoms. The van der Waals surface area contributed by atoms with Crippen molar-refractivity contribution in [3.8, 4) is 0 Å². The molecule has 0 saturated heterocycles. The Labute approximate surface area is 147 Å². The van der Waals surface area contributed by atoms with Crippen LogP contribution in [0.25, 0.3) is 0 Å². The van der Waals surface area contributed by atoms with Gasteiger partial charge in [0.2, 0.25) is 0 Å². The molecule has 7 nitrogen and oxygen atoms in total. The molecule has 2 rings (SSSR count). The predicted molar refractivity (Wildman–Crippen MR) is 87.5 cm³/mol. The van der Waals surface area contributed by atoms with Crippen LogP contribution in [0.4, 0.5) is 19.0 Å². The van der Waals surface area contributed by atoms with E-state index in [-0.39, 0.29) is 27.9 Å². The Morgan fingerprint density at radius 1 is 1.27 bits per heavy atom. The topological polar surface area (TPSA) is 93.5 Å². The summed E-state index contributed by atoms with van der Waals surface area (Å²) in [4.78, 5) is 16.2. The third kappa shape index (κ3) is 4.55. The molecule has 0 atom stereocenters. The van der Waals surface area contributed by atoms with Crippen molar-refractivity contribution in [3.05, 3.63) is 47.9 Å². The molecule has 0 radical (unpaired) electrons. The maximum Gasteiger partial charge on any atom is 0.417 e. The van der Waals surface area contributed by atoms with E-state index in [0.29, 0.717) is 6.20 Å². The molecule has 0 bridgehead atoms. The van der Waals surface area contributed by atoms with E-state index in [1.54, 1.807) is 0 Å². The summed E-state index contributed by atoms with van der Waals surface area (Å²) in [6.07, 6.45) is -1.35. The van der Waals surface area contributed by atoms with Crippen molar-refractivity contribution in [2.45, 2.75) is 18.0 Å². The quantitative estimate of drug-likeness (QED) is 0.481.